The van der Waals surface area contributed by atoms with Crippen LogP contribution >= 0.6 is 15.9 Å². The number of hydrogen-bond acceptors (Lipinski definition) is 4. The fraction of sp³-hybridized carbons (Fsp3) is 0.538. The van der Waals surface area contributed by atoms with Crippen LogP contribution in [0.5, 0.6) is 5.75 Å². The lowest BCUT2D eigenvalue weighted by molar-refractivity contribution is 0.414. The van der Waals surface area contributed by atoms with Crippen LogP contribution in [0.1, 0.15) is 30.9 Å². The lowest BCUT2D eigenvalue weighted by Crippen LogP contribution is -2.38. The van der Waals surface area contributed by atoms with Gasteiger partial charge in [0.15, 0.2) is 9.84 Å². The minimum Gasteiger partial charge on any atom is -0.497 e. The summed E-state index contributed by atoms with van der Waals surface area (Å²) in [7, 11) is -1.49. The Kier molecular flexibility index (Phi) is 4.53. The Labute approximate surface area is 122 Å². The van der Waals surface area contributed by atoms with E-state index in [0.29, 0.717) is 12.2 Å². The van der Waals surface area contributed by atoms with E-state index in [4.69, 9.17) is 10.5 Å². The number of ether oxygens (including phenoxy) is 1. The molecule has 0 saturated carbocycles. The third-order valence-electron chi connectivity index (χ3n) is 3.60. The highest BCUT2D eigenvalue weighted by Crippen LogP contribution is 2.34. The van der Waals surface area contributed by atoms with Gasteiger partial charge in [-0.05, 0) is 30.5 Å². The van der Waals surface area contributed by atoms with E-state index >= 15 is 0 Å². The highest BCUT2D eigenvalue weighted by atomic mass is 79.9. The molecule has 2 rings (SSSR count). The molecule has 0 aliphatic carbocycles. The number of nitrogens with two attached hydrogens (primary N) is 1. The molecule has 2 N–H and O–H groups in total. The van der Waals surface area contributed by atoms with E-state index < -0.39 is 21.1 Å². The summed E-state index contributed by atoms with van der Waals surface area (Å²) in [5.74, 6) is 0.966. The standard InChI is InChI=1S/C13H18BrNO3S/c1-18-9-5-6-10(11(14)8-9)13(15)12-4-2-3-7-19(12,16)17/h5-6,8,12-13H,2-4,7,15H2,1H3. The average molecular weight is 348 g/mol. The van der Waals surface area contributed by atoms with Crippen molar-refractivity contribution < 1.29 is 13.2 Å². The van der Waals surface area contributed by atoms with Crippen molar-refractivity contribution in [2.24, 2.45) is 5.73 Å². The summed E-state index contributed by atoms with van der Waals surface area (Å²) >= 11 is 3.44. The molecule has 106 valence electrons. The molecular formula is C13H18BrNO3S. The van der Waals surface area contributed by atoms with E-state index in [1.807, 2.05) is 12.1 Å². The van der Waals surface area contributed by atoms with Crippen LogP contribution in [-0.2, 0) is 9.84 Å². The number of methoxy groups -OCH3 is 1. The van der Waals surface area contributed by atoms with Gasteiger partial charge < -0.3 is 10.5 Å². The summed E-state index contributed by atoms with van der Waals surface area (Å²) in [5, 5.41) is -0.481. The Balaban J connectivity index is 2.31. The largest absolute Gasteiger partial charge is 0.497 e. The molecule has 6 heteroatoms. The van der Waals surface area contributed by atoms with E-state index in [9.17, 15) is 8.42 Å². The fourth-order valence-corrected chi connectivity index (χ4v) is 5.14. The van der Waals surface area contributed by atoms with Crippen LogP contribution in [0.25, 0.3) is 0 Å². The number of rotatable bonds is 3. The summed E-state index contributed by atoms with van der Waals surface area (Å²) < 4.78 is 30.1. The molecule has 1 heterocycles. The predicted molar refractivity (Wildman–Crippen MR) is 79.0 cm³/mol. The molecule has 1 aromatic carbocycles. The van der Waals surface area contributed by atoms with Gasteiger partial charge in [-0.3, -0.25) is 0 Å². The number of sulfone groups is 1. The number of halogens is 1. The third-order valence-corrected chi connectivity index (χ3v) is 6.59. The van der Waals surface area contributed by atoms with Gasteiger partial charge in [-0.2, -0.15) is 0 Å². The van der Waals surface area contributed by atoms with Crippen LogP contribution < -0.4 is 10.5 Å². The minimum absolute atomic E-state index is 0.249. The van der Waals surface area contributed by atoms with Crippen LogP contribution in [-0.4, -0.2) is 26.5 Å². The second-order valence-corrected chi connectivity index (χ2v) is 8.01. The highest BCUT2D eigenvalue weighted by molar-refractivity contribution is 9.10. The quantitative estimate of drug-likeness (QED) is 0.911. The zero-order chi connectivity index (χ0) is 14.0. The van der Waals surface area contributed by atoms with Crippen molar-refractivity contribution in [1.82, 2.24) is 0 Å². The van der Waals surface area contributed by atoms with Crippen molar-refractivity contribution in [2.45, 2.75) is 30.6 Å². The van der Waals surface area contributed by atoms with Crippen molar-refractivity contribution in [1.29, 1.82) is 0 Å². The van der Waals surface area contributed by atoms with Gasteiger partial charge in [0, 0.05) is 10.5 Å². The predicted octanol–water partition coefficient (Wildman–Crippen LogP) is 2.42. The number of hydrogen-bond donors (Lipinski definition) is 1. The molecule has 2 atom stereocenters. The second kappa shape index (κ2) is 5.81. The third kappa shape index (κ3) is 3.12. The van der Waals surface area contributed by atoms with Crippen molar-refractivity contribution in [3.63, 3.8) is 0 Å². The van der Waals surface area contributed by atoms with Crippen LogP contribution in [0.2, 0.25) is 0 Å². The Morgan fingerprint density at radius 1 is 1.42 bits per heavy atom. The first-order valence-corrected chi connectivity index (χ1v) is 8.77. The van der Waals surface area contributed by atoms with E-state index in [0.717, 1.165) is 22.9 Å². The van der Waals surface area contributed by atoms with Gasteiger partial charge in [0.05, 0.1) is 18.1 Å². The molecule has 1 fully saturated rings. The van der Waals surface area contributed by atoms with Crippen molar-refractivity contribution in [2.75, 3.05) is 12.9 Å². The molecule has 0 bridgehead atoms. The first kappa shape index (κ1) is 14.8. The Hall–Kier alpha value is -0.590. The number of benzene rings is 1. The molecule has 0 radical (unpaired) electrons. The normalized spacial score (nSPS) is 23.8. The first-order chi connectivity index (χ1) is 8.95. The maximum Gasteiger partial charge on any atom is 0.155 e. The smallest absolute Gasteiger partial charge is 0.155 e. The second-order valence-electron chi connectivity index (χ2n) is 4.81. The zero-order valence-electron chi connectivity index (χ0n) is 10.8. The monoisotopic (exact) mass is 347 g/mol. The van der Waals surface area contributed by atoms with Crippen LogP contribution in [0.3, 0.4) is 0 Å². The summed E-state index contributed by atoms with van der Waals surface area (Å²) in [6.45, 7) is 0. The zero-order valence-corrected chi connectivity index (χ0v) is 13.2. The summed E-state index contributed by atoms with van der Waals surface area (Å²) in [6.07, 6.45) is 2.31. The van der Waals surface area contributed by atoms with Gasteiger partial charge in [0.25, 0.3) is 0 Å². The van der Waals surface area contributed by atoms with E-state index in [-0.39, 0.29) is 5.75 Å². The highest BCUT2D eigenvalue weighted by Gasteiger charge is 2.35. The first-order valence-electron chi connectivity index (χ1n) is 6.26. The molecular weight excluding hydrogens is 330 g/mol. The maximum atomic E-state index is 12.1. The molecule has 4 nitrogen and oxygen atoms in total. The lowest BCUT2D eigenvalue weighted by Gasteiger charge is -2.28. The van der Waals surface area contributed by atoms with Crippen molar-refractivity contribution in [3.8, 4) is 5.75 Å². The molecule has 19 heavy (non-hydrogen) atoms. The summed E-state index contributed by atoms with van der Waals surface area (Å²) in [6, 6.07) is 4.95. The van der Waals surface area contributed by atoms with Gasteiger partial charge >= 0.3 is 0 Å². The summed E-state index contributed by atoms with van der Waals surface area (Å²) in [5.41, 5.74) is 7.00. The minimum atomic E-state index is -3.08. The van der Waals surface area contributed by atoms with Crippen LogP contribution in [0.15, 0.2) is 22.7 Å². The molecule has 2 unspecified atom stereocenters. The SMILES string of the molecule is COc1ccc(C(N)C2CCCCS2(=O)=O)c(Br)c1. The van der Waals surface area contributed by atoms with Crippen LogP contribution in [0.4, 0.5) is 0 Å². The Morgan fingerprint density at radius 2 is 2.16 bits per heavy atom. The molecule has 0 aromatic heterocycles. The van der Waals surface area contributed by atoms with Gasteiger partial charge in [-0.25, -0.2) is 8.42 Å². The maximum absolute atomic E-state index is 12.1. The molecule has 1 aliphatic heterocycles. The Morgan fingerprint density at radius 3 is 2.74 bits per heavy atom. The molecule has 0 amide bonds. The average Bonchev–Trinajstić information content (AvgIpc) is 2.37. The van der Waals surface area contributed by atoms with Gasteiger partial charge in [0.2, 0.25) is 0 Å². The summed E-state index contributed by atoms with van der Waals surface area (Å²) in [4.78, 5) is 0. The fourth-order valence-electron chi connectivity index (χ4n) is 2.49. The van der Waals surface area contributed by atoms with Gasteiger partial charge in [-0.1, -0.05) is 28.4 Å². The molecule has 1 saturated heterocycles. The Bertz CT molecular complexity index is 559. The molecule has 1 aromatic rings. The topological polar surface area (TPSA) is 69.4 Å². The van der Waals surface area contributed by atoms with Crippen molar-refractivity contribution in [3.05, 3.63) is 28.2 Å². The van der Waals surface area contributed by atoms with Gasteiger partial charge in [-0.15, -0.1) is 0 Å². The molecule has 0 spiro atoms. The lowest BCUT2D eigenvalue weighted by atomic mass is 10.0. The van der Waals surface area contributed by atoms with Crippen molar-refractivity contribution >= 4 is 25.8 Å². The van der Waals surface area contributed by atoms with E-state index in [1.165, 1.54) is 0 Å². The molecule has 1 aliphatic rings. The van der Waals surface area contributed by atoms with E-state index in [1.54, 1.807) is 13.2 Å². The van der Waals surface area contributed by atoms with Crippen LogP contribution in [0, 0.1) is 0 Å². The van der Waals surface area contributed by atoms with Gasteiger partial charge in [0.1, 0.15) is 5.75 Å². The van der Waals surface area contributed by atoms with E-state index in [2.05, 4.69) is 15.9 Å².